The average molecular weight is 184 g/mol. The van der Waals surface area contributed by atoms with Gasteiger partial charge < -0.3 is 0 Å². The van der Waals surface area contributed by atoms with Crippen LogP contribution >= 0.6 is 0 Å². The van der Waals surface area contributed by atoms with Crippen LogP contribution in [-0.4, -0.2) is 0 Å². The summed E-state index contributed by atoms with van der Waals surface area (Å²) in [5.41, 5.74) is 4.32. The molecule has 0 heterocycles. The van der Waals surface area contributed by atoms with Crippen molar-refractivity contribution in [2.75, 3.05) is 0 Å². The van der Waals surface area contributed by atoms with Crippen LogP contribution in [0.4, 0.5) is 0 Å². The van der Waals surface area contributed by atoms with Gasteiger partial charge in [0.25, 0.3) is 0 Å². The minimum Gasteiger partial charge on any atom is -0.198 e. The number of rotatable bonds is 2. The average Bonchev–Trinajstić information content (AvgIpc) is 2.18. The Balaban J connectivity index is 3.25. The number of nitrogens with zero attached hydrogens (tertiary/aromatic N) is 2. The summed E-state index contributed by atoms with van der Waals surface area (Å²) in [6.45, 7) is 4.02. The lowest BCUT2D eigenvalue weighted by Crippen LogP contribution is -1.98. The molecule has 0 N–H and O–H groups in total. The molecule has 1 aromatic rings. The van der Waals surface area contributed by atoms with Crippen LogP contribution in [0.25, 0.3) is 0 Å². The maximum Gasteiger partial charge on any atom is 0.0669 e. The van der Waals surface area contributed by atoms with Crippen molar-refractivity contribution >= 4 is 0 Å². The van der Waals surface area contributed by atoms with E-state index in [-0.39, 0.29) is 0 Å². The summed E-state index contributed by atoms with van der Waals surface area (Å²) >= 11 is 0. The molecule has 0 saturated heterocycles. The van der Waals surface area contributed by atoms with E-state index in [0.717, 1.165) is 16.7 Å². The molecule has 1 aromatic carbocycles. The molecule has 0 radical (unpaired) electrons. The first kappa shape index (κ1) is 10.3. The van der Waals surface area contributed by atoms with Crippen molar-refractivity contribution < 1.29 is 0 Å². The molecule has 0 aliphatic heterocycles. The monoisotopic (exact) mass is 184 g/mol. The van der Waals surface area contributed by atoms with Gasteiger partial charge in [0.15, 0.2) is 0 Å². The van der Waals surface area contributed by atoms with Crippen LogP contribution in [0.5, 0.6) is 0 Å². The summed E-state index contributed by atoms with van der Waals surface area (Å²) in [4.78, 5) is 0. The fourth-order valence-electron chi connectivity index (χ4n) is 1.51. The first-order chi connectivity index (χ1) is 6.70. The largest absolute Gasteiger partial charge is 0.198 e. The lowest BCUT2D eigenvalue weighted by molar-refractivity contribution is 1.10. The second-order valence-corrected chi connectivity index (χ2v) is 3.31. The second kappa shape index (κ2) is 4.44. The maximum absolute atomic E-state index is 8.69. The topological polar surface area (TPSA) is 47.6 Å². The molecule has 2 nitrogen and oxygen atoms in total. The van der Waals surface area contributed by atoms with Crippen molar-refractivity contribution in [1.29, 1.82) is 10.5 Å². The molecule has 0 unspecified atom stereocenters. The first-order valence-electron chi connectivity index (χ1n) is 4.52. The van der Waals surface area contributed by atoms with E-state index >= 15 is 0 Å². The van der Waals surface area contributed by atoms with E-state index in [1.165, 1.54) is 5.56 Å². The minimum absolute atomic E-state index is 0.387. The molecule has 0 amide bonds. The number of nitriles is 2. The van der Waals surface area contributed by atoms with Gasteiger partial charge >= 0.3 is 0 Å². The van der Waals surface area contributed by atoms with Gasteiger partial charge in [-0.05, 0) is 36.1 Å². The third kappa shape index (κ3) is 1.92. The van der Waals surface area contributed by atoms with Crippen LogP contribution in [0.1, 0.15) is 22.3 Å². The zero-order chi connectivity index (χ0) is 10.6. The molecule has 0 spiro atoms. The summed E-state index contributed by atoms with van der Waals surface area (Å²) in [5, 5.41) is 17.3. The van der Waals surface area contributed by atoms with Crippen LogP contribution in [0.15, 0.2) is 12.1 Å². The van der Waals surface area contributed by atoms with Crippen LogP contribution in [0.2, 0.25) is 0 Å². The first-order valence-corrected chi connectivity index (χ1v) is 4.52. The van der Waals surface area contributed by atoms with Gasteiger partial charge in [-0.15, -0.1) is 0 Å². The highest BCUT2D eigenvalue weighted by atomic mass is 14.3. The third-order valence-electron chi connectivity index (χ3n) is 2.49. The summed E-state index contributed by atoms with van der Waals surface area (Å²) in [6, 6.07) is 8.21. The number of aryl methyl sites for hydroxylation is 1. The van der Waals surface area contributed by atoms with Crippen molar-refractivity contribution in [1.82, 2.24) is 0 Å². The Hall–Kier alpha value is -1.80. The Morgan fingerprint density at radius 1 is 1.07 bits per heavy atom. The molecule has 0 aromatic heterocycles. The van der Waals surface area contributed by atoms with Crippen LogP contribution in [-0.2, 0) is 12.8 Å². The van der Waals surface area contributed by atoms with Gasteiger partial charge in [-0.2, -0.15) is 10.5 Å². The van der Waals surface area contributed by atoms with Crippen LogP contribution < -0.4 is 0 Å². The molecule has 0 saturated carbocycles. The number of benzene rings is 1. The van der Waals surface area contributed by atoms with E-state index in [9.17, 15) is 0 Å². The molecule has 1 rings (SSSR count). The third-order valence-corrected chi connectivity index (χ3v) is 2.49. The van der Waals surface area contributed by atoms with Crippen molar-refractivity contribution in [2.24, 2.45) is 0 Å². The van der Waals surface area contributed by atoms with E-state index in [1.54, 1.807) is 0 Å². The molecule has 0 bridgehead atoms. The predicted octanol–water partition coefficient (Wildman–Crippen LogP) is 2.44. The van der Waals surface area contributed by atoms with Gasteiger partial charge in [0.2, 0.25) is 0 Å². The van der Waals surface area contributed by atoms with Gasteiger partial charge in [-0.25, -0.2) is 0 Å². The van der Waals surface area contributed by atoms with Crippen molar-refractivity contribution in [3.8, 4) is 12.1 Å². The molecule has 2 heteroatoms. The highest BCUT2D eigenvalue weighted by molar-refractivity contribution is 5.42. The summed E-state index contributed by atoms with van der Waals surface area (Å²) in [6.07, 6.45) is 0.780. The summed E-state index contributed by atoms with van der Waals surface area (Å²) in [5.74, 6) is 0. The Morgan fingerprint density at radius 3 is 2.29 bits per heavy atom. The normalized spacial score (nSPS) is 9.14. The SMILES string of the molecule is Cc1ccc(CC#N)c(CC#N)c1C. The molecular weight excluding hydrogens is 172 g/mol. The maximum atomic E-state index is 8.69. The zero-order valence-corrected chi connectivity index (χ0v) is 8.46. The molecule has 14 heavy (non-hydrogen) atoms. The van der Waals surface area contributed by atoms with Crippen LogP contribution in [0, 0.1) is 36.5 Å². The van der Waals surface area contributed by atoms with Crippen molar-refractivity contribution in [3.05, 3.63) is 34.4 Å². The Kier molecular flexibility index (Phi) is 3.26. The number of hydrogen-bond acceptors (Lipinski definition) is 2. The standard InChI is InChI=1S/C12H12N2/c1-9-3-4-11(5-7-13)12(6-8-14)10(9)2/h3-4H,5-6H2,1-2H3. The van der Waals surface area contributed by atoms with Gasteiger partial charge in [0.1, 0.15) is 0 Å². The fourth-order valence-corrected chi connectivity index (χ4v) is 1.51. The van der Waals surface area contributed by atoms with E-state index in [0.29, 0.717) is 12.8 Å². The summed E-state index contributed by atoms with van der Waals surface area (Å²) < 4.78 is 0. The Morgan fingerprint density at radius 2 is 1.71 bits per heavy atom. The van der Waals surface area contributed by atoms with E-state index < -0.39 is 0 Å². The highest BCUT2D eigenvalue weighted by Crippen LogP contribution is 2.19. The van der Waals surface area contributed by atoms with Gasteiger partial charge in [-0.3, -0.25) is 0 Å². The zero-order valence-electron chi connectivity index (χ0n) is 8.46. The van der Waals surface area contributed by atoms with E-state index in [2.05, 4.69) is 12.1 Å². The number of hydrogen-bond donors (Lipinski definition) is 0. The molecular formula is C12H12N2. The van der Waals surface area contributed by atoms with Crippen molar-refractivity contribution in [3.63, 3.8) is 0 Å². The van der Waals surface area contributed by atoms with E-state index in [4.69, 9.17) is 10.5 Å². The quantitative estimate of drug-likeness (QED) is 0.708. The molecule has 70 valence electrons. The Bertz CT molecular complexity index is 419. The van der Waals surface area contributed by atoms with E-state index in [1.807, 2.05) is 26.0 Å². The fraction of sp³-hybridized carbons (Fsp3) is 0.333. The Labute approximate surface area is 84.4 Å². The predicted molar refractivity (Wildman–Crippen MR) is 54.6 cm³/mol. The van der Waals surface area contributed by atoms with Gasteiger partial charge in [0.05, 0.1) is 25.0 Å². The molecule has 0 fully saturated rings. The lowest BCUT2D eigenvalue weighted by atomic mass is 9.94. The molecule has 0 aliphatic rings. The van der Waals surface area contributed by atoms with Gasteiger partial charge in [0, 0.05) is 0 Å². The highest BCUT2D eigenvalue weighted by Gasteiger charge is 2.06. The lowest BCUT2D eigenvalue weighted by Gasteiger charge is -2.09. The van der Waals surface area contributed by atoms with Crippen LogP contribution in [0.3, 0.4) is 0 Å². The summed E-state index contributed by atoms with van der Waals surface area (Å²) in [7, 11) is 0. The second-order valence-electron chi connectivity index (χ2n) is 3.31. The van der Waals surface area contributed by atoms with Gasteiger partial charge in [-0.1, -0.05) is 12.1 Å². The van der Waals surface area contributed by atoms with Crippen molar-refractivity contribution in [2.45, 2.75) is 26.7 Å². The molecule has 0 atom stereocenters. The minimum atomic E-state index is 0.387. The smallest absolute Gasteiger partial charge is 0.0669 e. The molecule has 0 aliphatic carbocycles.